The molecule has 1 heterocycles. The molecular formula is C23H26N4O4S. The normalized spacial score (nSPS) is 11.6. The Morgan fingerprint density at radius 3 is 2.47 bits per heavy atom. The Morgan fingerprint density at radius 1 is 1.22 bits per heavy atom. The van der Waals surface area contributed by atoms with Crippen molar-refractivity contribution < 1.29 is 19.4 Å². The molecule has 3 rings (SSSR count). The zero-order valence-electron chi connectivity index (χ0n) is 17.9. The van der Waals surface area contributed by atoms with E-state index in [9.17, 15) is 9.90 Å². The number of rotatable bonds is 11. The topological polar surface area (TPSA) is 131 Å². The lowest BCUT2D eigenvalue weighted by Crippen LogP contribution is -2.21. The molecule has 0 bridgehead atoms. The smallest absolute Gasteiger partial charge is 0.330 e. The number of nitrogens with zero attached hydrogens (tertiary/aromatic N) is 1. The van der Waals surface area contributed by atoms with E-state index in [0.717, 1.165) is 10.6 Å². The first kappa shape index (κ1) is 23.1. The Bertz CT molecular complexity index is 1080. The number of carboxylic acids is 1. The van der Waals surface area contributed by atoms with E-state index in [-0.39, 0.29) is 5.84 Å². The summed E-state index contributed by atoms with van der Waals surface area (Å²) in [7, 11) is 0. The van der Waals surface area contributed by atoms with Crippen LogP contribution in [0.15, 0.2) is 48.0 Å². The molecule has 3 aromatic rings. The molecular weight excluding hydrogens is 428 g/mol. The fourth-order valence-electron chi connectivity index (χ4n) is 3.12. The van der Waals surface area contributed by atoms with Gasteiger partial charge < -0.3 is 25.6 Å². The number of amidine groups is 1. The van der Waals surface area contributed by atoms with Crippen molar-refractivity contribution in [1.29, 1.82) is 5.41 Å². The Labute approximate surface area is 190 Å². The summed E-state index contributed by atoms with van der Waals surface area (Å²) < 4.78 is 11.6. The maximum atomic E-state index is 12.1. The number of thiazole rings is 1. The van der Waals surface area contributed by atoms with Gasteiger partial charge in [-0.1, -0.05) is 0 Å². The number of aryl methyl sites for hydroxylation is 1. The lowest BCUT2D eigenvalue weighted by molar-refractivity contribution is -0.138. The van der Waals surface area contributed by atoms with Crippen LogP contribution in [0.1, 0.15) is 34.7 Å². The molecule has 0 radical (unpaired) electrons. The second-order valence-electron chi connectivity index (χ2n) is 7.04. The van der Waals surface area contributed by atoms with Crippen molar-refractivity contribution in [3.05, 3.63) is 69.7 Å². The van der Waals surface area contributed by atoms with Crippen LogP contribution in [0, 0.1) is 12.3 Å². The van der Waals surface area contributed by atoms with Gasteiger partial charge in [0.2, 0.25) is 0 Å². The summed E-state index contributed by atoms with van der Waals surface area (Å²) in [6.07, 6.45) is 0.716. The fourth-order valence-corrected chi connectivity index (χ4v) is 3.88. The van der Waals surface area contributed by atoms with Crippen LogP contribution in [0.25, 0.3) is 0 Å². The first-order valence-corrected chi connectivity index (χ1v) is 11.0. The predicted molar refractivity (Wildman–Crippen MR) is 125 cm³/mol. The molecule has 0 aliphatic heterocycles. The standard InChI is InChI=1S/C23H26N4O4S/c1-3-30-18-10-16(11-19(12-18)31-9-8-20-14(2)26-13-32-20)21(23(28)29)27-17-6-4-15(5-7-17)22(24)25/h4-7,10-13,21,27H,3,8-9H2,1-2H3,(H3,24,25)(H,28,29). The molecule has 1 aromatic heterocycles. The van der Waals surface area contributed by atoms with Crippen molar-refractivity contribution >= 4 is 28.8 Å². The van der Waals surface area contributed by atoms with Gasteiger partial charge in [-0.25, -0.2) is 9.78 Å². The highest BCUT2D eigenvalue weighted by Gasteiger charge is 2.22. The Hall–Kier alpha value is -3.59. The molecule has 0 spiro atoms. The maximum absolute atomic E-state index is 12.1. The van der Waals surface area contributed by atoms with Crippen molar-refractivity contribution in [2.24, 2.45) is 5.73 Å². The number of carbonyl (C=O) groups is 1. The summed E-state index contributed by atoms with van der Waals surface area (Å²) in [4.78, 5) is 17.5. The lowest BCUT2D eigenvalue weighted by atomic mass is 10.1. The maximum Gasteiger partial charge on any atom is 0.330 e. The first-order valence-electron chi connectivity index (χ1n) is 10.1. The van der Waals surface area contributed by atoms with E-state index in [2.05, 4.69) is 10.3 Å². The molecule has 0 amide bonds. The Morgan fingerprint density at radius 2 is 1.91 bits per heavy atom. The second kappa shape index (κ2) is 10.6. The highest BCUT2D eigenvalue weighted by molar-refractivity contribution is 7.09. The number of carboxylic acid groups (broad SMARTS) is 1. The third-order valence-corrected chi connectivity index (χ3v) is 5.74. The van der Waals surface area contributed by atoms with Crippen LogP contribution in [0.4, 0.5) is 5.69 Å². The number of nitrogens with one attached hydrogen (secondary N) is 2. The molecule has 0 saturated carbocycles. The molecule has 168 valence electrons. The van der Waals surface area contributed by atoms with Gasteiger partial charge in [0.1, 0.15) is 17.3 Å². The van der Waals surface area contributed by atoms with E-state index in [1.165, 1.54) is 0 Å². The van der Waals surface area contributed by atoms with E-state index < -0.39 is 12.0 Å². The molecule has 1 unspecified atom stereocenters. The molecule has 2 aromatic carbocycles. The molecule has 32 heavy (non-hydrogen) atoms. The molecule has 0 fully saturated rings. The van der Waals surface area contributed by atoms with Gasteiger partial charge in [0.05, 0.1) is 24.4 Å². The third-order valence-electron chi connectivity index (χ3n) is 4.74. The fraction of sp³-hybridized carbons (Fsp3) is 0.261. The zero-order chi connectivity index (χ0) is 23.1. The van der Waals surface area contributed by atoms with E-state index >= 15 is 0 Å². The Balaban J connectivity index is 1.80. The summed E-state index contributed by atoms with van der Waals surface area (Å²) in [5.74, 6) is -0.0198. The Kier molecular flexibility index (Phi) is 7.67. The number of benzene rings is 2. The van der Waals surface area contributed by atoms with Crippen molar-refractivity contribution in [1.82, 2.24) is 4.98 Å². The molecule has 9 heteroatoms. The molecule has 0 aliphatic rings. The van der Waals surface area contributed by atoms with Crippen molar-refractivity contribution in [3.8, 4) is 11.5 Å². The van der Waals surface area contributed by atoms with Gasteiger partial charge >= 0.3 is 5.97 Å². The number of hydrogen-bond donors (Lipinski definition) is 4. The van der Waals surface area contributed by atoms with E-state index in [0.29, 0.717) is 47.9 Å². The number of nitrogens with two attached hydrogens (primary N) is 1. The van der Waals surface area contributed by atoms with Gasteiger partial charge in [-0.05, 0) is 55.8 Å². The second-order valence-corrected chi connectivity index (χ2v) is 7.98. The van der Waals surface area contributed by atoms with Gasteiger partial charge in [0, 0.05) is 28.6 Å². The van der Waals surface area contributed by atoms with Crippen LogP contribution in [0.3, 0.4) is 0 Å². The first-order chi connectivity index (χ1) is 15.4. The van der Waals surface area contributed by atoms with Gasteiger partial charge in [-0.15, -0.1) is 11.3 Å². The van der Waals surface area contributed by atoms with E-state index in [1.807, 2.05) is 19.4 Å². The largest absolute Gasteiger partial charge is 0.494 e. The minimum atomic E-state index is -1.04. The van der Waals surface area contributed by atoms with Gasteiger partial charge in [-0.3, -0.25) is 5.41 Å². The van der Waals surface area contributed by atoms with Crippen LogP contribution in [0.2, 0.25) is 0 Å². The molecule has 1 atom stereocenters. The molecule has 5 N–H and O–H groups in total. The van der Waals surface area contributed by atoms with Crippen LogP contribution < -0.4 is 20.5 Å². The zero-order valence-corrected chi connectivity index (χ0v) is 18.7. The quantitative estimate of drug-likeness (QED) is 0.254. The van der Waals surface area contributed by atoms with E-state index in [1.54, 1.807) is 53.8 Å². The van der Waals surface area contributed by atoms with Gasteiger partial charge in [0.15, 0.2) is 6.04 Å². The summed E-state index contributed by atoms with van der Waals surface area (Å²) in [6.45, 7) is 4.71. The predicted octanol–water partition coefficient (Wildman–Crippen LogP) is 3.99. The van der Waals surface area contributed by atoms with Crippen LogP contribution in [0.5, 0.6) is 11.5 Å². The third kappa shape index (κ3) is 5.98. The minimum Gasteiger partial charge on any atom is -0.494 e. The molecule has 8 nitrogen and oxygen atoms in total. The monoisotopic (exact) mass is 454 g/mol. The van der Waals surface area contributed by atoms with E-state index in [4.69, 9.17) is 20.6 Å². The molecule has 0 saturated heterocycles. The summed E-state index contributed by atoms with van der Waals surface area (Å²) in [6, 6.07) is 10.8. The lowest BCUT2D eigenvalue weighted by Gasteiger charge is -2.19. The summed E-state index contributed by atoms with van der Waals surface area (Å²) >= 11 is 1.59. The number of hydrogen-bond acceptors (Lipinski definition) is 7. The highest BCUT2D eigenvalue weighted by Crippen LogP contribution is 2.29. The number of nitrogen functional groups attached to an aromatic ring is 1. The number of ether oxygens (including phenoxy) is 2. The molecule has 0 aliphatic carbocycles. The summed E-state index contributed by atoms with van der Waals surface area (Å²) in [5, 5.41) is 20.4. The van der Waals surface area contributed by atoms with Crippen molar-refractivity contribution in [2.45, 2.75) is 26.3 Å². The number of aliphatic carboxylic acids is 1. The van der Waals surface area contributed by atoms with Crippen LogP contribution >= 0.6 is 11.3 Å². The number of anilines is 1. The highest BCUT2D eigenvalue weighted by atomic mass is 32.1. The van der Waals surface area contributed by atoms with Crippen molar-refractivity contribution in [2.75, 3.05) is 18.5 Å². The average Bonchev–Trinajstić information content (AvgIpc) is 3.17. The minimum absolute atomic E-state index is 0.0499. The average molecular weight is 455 g/mol. The number of aromatic nitrogens is 1. The van der Waals surface area contributed by atoms with Crippen LogP contribution in [-0.4, -0.2) is 35.1 Å². The SMILES string of the molecule is CCOc1cc(OCCc2scnc2C)cc(C(Nc2ccc(C(=N)N)cc2)C(=O)O)c1. The van der Waals surface area contributed by atoms with Gasteiger partial charge in [-0.2, -0.15) is 0 Å². The van der Waals surface area contributed by atoms with Gasteiger partial charge in [0.25, 0.3) is 0 Å². The van der Waals surface area contributed by atoms with Crippen LogP contribution in [-0.2, 0) is 11.2 Å². The van der Waals surface area contributed by atoms with Crippen molar-refractivity contribution in [3.63, 3.8) is 0 Å². The summed E-state index contributed by atoms with van der Waals surface area (Å²) in [5.41, 5.74) is 9.94.